The van der Waals surface area contributed by atoms with Crippen molar-refractivity contribution in [2.45, 2.75) is 38.4 Å². The number of nitrogens with zero attached hydrogens (tertiary/aromatic N) is 4. The van der Waals surface area contributed by atoms with Crippen molar-refractivity contribution < 1.29 is 4.74 Å². The molecule has 2 aliphatic heterocycles. The van der Waals surface area contributed by atoms with Crippen LogP contribution in [0.25, 0.3) is 0 Å². The fourth-order valence-electron chi connectivity index (χ4n) is 3.79. The van der Waals surface area contributed by atoms with Crippen molar-refractivity contribution in [2.24, 2.45) is 0 Å². The number of aromatic nitrogens is 3. The largest absolute Gasteiger partial charge is 0.497 e. The highest BCUT2D eigenvalue weighted by atomic mass is 16.5. The first kappa shape index (κ1) is 15.6. The lowest BCUT2D eigenvalue weighted by Crippen LogP contribution is -2.34. The first-order chi connectivity index (χ1) is 11.8. The molecule has 6 nitrogen and oxygen atoms in total. The second-order valence-corrected chi connectivity index (χ2v) is 6.70. The maximum atomic E-state index is 5.32. The van der Waals surface area contributed by atoms with Gasteiger partial charge in [0.25, 0.3) is 0 Å². The number of hydrogen-bond donors (Lipinski definition) is 1. The molecular weight excluding hydrogens is 302 g/mol. The normalized spacial score (nSPS) is 19.2. The zero-order chi connectivity index (χ0) is 16.4. The Morgan fingerprint density at radius 1 is 1.21 bits per heavy atom. The van der Waals surface area contributed by atoms with Gasteiger partial charge in [0.2, 0.25) is 0 Å². The number of ether oxygens (including phenoxy) is 1. The van der Waals surface area contributed by atoms with Gasteiger partial charge in [-0.05, 0) is 43.6 Å². The van der Waals surface area contributed by atoms with Crippen LogP contribution in [0.1, 0.15) is 36.0 Å². The van der Waals surface area contributed by atoms with E-state index in [1.165, 1.54) is 11.4 Å². The predicted octanol–water partition coefficient (Wildman–Crippen LogP) is 1.77. The van der Waals surface area contributed by atoms with Gasteiger partial charge in [-0.15, -0.1) is 10.2 Å². The Bertz CT molecular complexity index is 690. The minimum atomic E-state index is 0.547. The van der Waals surface area contributed by atoms with Gasteiger partial charge in [-0.1, -0.05) is 12.1 Å². The minimum Gasteiger partial charge on any atom is -0.497 e. The van der Waals surface area contributed by atoms with Crippen molar-refractivity contribution in [2.75, 3.05) is 26.7 Å². The third-order valence-corrected chi connectivity index (χ3v) is 5.14. The summed E-state index contributed by atoms with van der Waals surface area (Å²) in [5.74, 6) is 3.78. The maximum absolute atomic E-state index is 5.32. The van der Waals surface area contributed by atoms with Crippen LogP contribution in [0, 0.1) is 0 Å². The van der Waals surface area contributed by atoms with Gasteiger partial charge in [0.05, 0.1) is 13.7 Å². The summed E-state index contributed by atoms with van der Waals surface area (Å²) >= 11 is 0. The molecule has 2 aliphatic rings. The summed E-state index contributed by atoms with van der Waals surface area (Å²) in [6.07, 6.45) is 2.32. The van der Waals surface area contributed by atoms with Crippen LogP contribution in [0.3, 0.4) is 0 Å². The van der Waals surface area contributed by atoms with Crippen LogP contribution in [0.15, 0.2) is 24.3 Å². The molecule has 6 heteroatoms. The molecule has 0 amide bonds. The molecule has 1 aromatic carbocycles. The van der Waals surface area contributed by atoms with Crippen molar-refractivity contribution in [3.63, 3.8) is 0 Å². The molecule has 24 heavy (non-hydrogen) atoms. The van der Waals surface area contributed by atoms with E-state index >= 15 is 0 Å². The second-order valence-electron chi connectivity index (χ2n) is 6.70. The van der Waals surface area contributed by atoms with E-state index in [0.29, 0.717) is 5.92 Å². The number of fused-ring (bicyclic) bond motifs is 1. The van der Waals surface area contributed by atoms with Crippen molar-refractivity contribution in [3.05, 3.63) is 41.5 Å². The molecule has 0 aliphatic carbocycles. The second kappa shape index (κ2) is 6.91. The first-order valence-electron chi connectivity index (χ1n) is 8.81. The molecule has 3 heterocycles. The number of hydrogen-bond acceptors (Lipinski definition) is 5. The molecule has 0 atom stereocenters. The Morgan fingerprint density at radius 3 is 2.92 bits per heavy atom. The molecule has 1 N–H and O–H groups in total. The molecule has 0 unspecified atom stereocenters. The molecule has 1 fully saturated rings. The highest BCUT2D eigenvalue weighted by molar-refractivity contribution is 5.28. The van der Waals surface area contributed by atoms with Crippen LogP contribution >= 0.6 is 0 Å². The topological polar surface area (TPSA) is 55.2 Å². The number of nitrogens with one attached hydrogen (secondary N) is 1. The van der Waals surface area contributed by atoms with Crippen LogP contribution in [0.4, 0.5) is 0 Å². The van der Waals surface area contributed by atoms with E-state index in [0.717, 1.165) is 63.7 Å². The predicted molar refractivity (Wildman–Crippen MR) is 92.0 cm³/mol. The lowest BCUT2D eigenvalue weighted by molar-refractivity contribution is 0.199. The van der Waals surface area contributed by atoms with Gasteiger partial charge in [0.15, 0.2) is 0 Å². The maximum Gasteiger partial charge on any atom is 0.147 e. The zero-order valence-electron chi connectivity index (χ0n) is 14.2. The molecule has 128 valence electrons. The van der Waals surface area contributed by atoms with E-state index in [2.05, 4.69) is 43.2 Å². The van der Waals surface area contributed by atoms with Gasteiger partial charge >= 0.3 is 0 Å². The summed E-state index contributed by atoms with van der Waals surface area (Å²) in [5, 5.41) is 12.2. The van der Waals surface area contributed by atoms with Gasteiger partial charge in [-0.3, -0.25) is 4.90 Å². The molecule has 0 saturated carbocycles. The standard InChI is InChI=1S/C18H25N5O/c1-24-16-4-2-3-14(11-16)13-22-8-5-15(6-9-22)18-21-20-17-12-19-7-10-23(17)18/h2-4,11,15,19H,5-10,12-13H2,1H3. The van der Waals surface area contributed by atoms with Gasteiger partial charge in [0, 0.05) is 25.6 Å². The van der Waals surface area contributed by atoms with Crippen LogP contribution in [-0.4, -0.2) is 46.4 Å². The molecule has 0 bridgehead atoms. The zero-order valence-corrected chi connectivity index (χ0v) is 14.2. The van der Waals surface area contributed by atoms with Gasteiger partial charge < -0.3 is 14.6 Å². The molecule has 4 rings (SSSR count). The molecule has 1 aromatic heterocycles. The third-order valence-electron chi connectivity index (χ3n) is 5.14. The Hall–Kier alpha value is -1.92. The van der Waals surface area contributed by atoms with E-state index < -0.39 is 0 Å². The summed E-state index contributed by atoms with van der Waals surface area (Å²) in [6, 6.07) is 8.38. The number of benzene rings is 1. The number of methoxy groups -OCH3 is 1. The van der Waals surface area contributed by atoms with Gasteiger partial charge in [0.1, 0.15) is 17.4 Å². The Labute approximate surface area is 142 Å². The van der Waals surface area contributed by atoms with E-state index in [1.54, 1.807) is 7.11 Å². The number of rotatable bonds is 4. The lowest BCUT2D eigenvalue weighted by atomic mass is 9.95. The quantitative estimate of drug-likeness (QED) is 0.927. The fraction of sp³-hybridized carbons (Fsp3) is 0.556. The van der Waals surface area contributed by atoms with Crippen molar-refractivity contribution in [1.29, 1.82) is 0 Å². The smallest absolute Gasteiger partial charge is 0.147 e. The summed E-state index contributed by atoms with van der Waals surface area (Å²) in [5.41, 5.74) is 1.32. The third kappa shape index (κ3) is 3.16. The first-order valence-corrected chi connectivity index (χ1v) is 8.81. The summed E-state index contributed by atoms with van der Waals surface area (Å²) in [6.45, 7) is 6.09. The lowest BCUT2D eigenvalue weighted by Gasteiger charge is -2.32. The average molecular weight is 327 g/mol. The molecule has 1 saturated heterocycles. The van der Waals surface area contributed by atoms with Crippen LogP contribution in [0.2, 0.25) is 0 Å². The van der Waals surface area contributed by atoms with Crippen molar-refractivity contribution >= 4 is 0 Å². The van der Waals surface area contributed by atoms with E-state index in [4.69, 9.17) is 4.74 Å². The number of likely N-dealkylation sites (tertiary alicyclic amines) is 1. The van der Waals surface area contributed by atoms with E-state index in [1.807, 2.05) is 6.07 Å². The molecular formula is C18H25N5O. The fourth-order valence-corrected chi connectivity index (χ4v) is 3.79. The van der Waals surface area contributed by atoms with E-state index in [-0.39, 0.29) is 0 Å². The SMILES string of the molecule is COc1cccc(CN2CCC(c3nnc4n3CCNC4)CC2)c1. The van der Waals surface area contributed by atoms with Gasteiger partial charge in [-0.25, -0.2) is 0 Å². The molecule has 0 spiro atoms. The Morgan fingerprint density at radius 2 is 2.08 bits per heavy atom. The number of piperidine rings is 1. The Balaban J connectivity index is 1.37. The van der Waals surface area contributed by atoms with Crippen LogP contribution < -0.4 is 10.1 Å². The van der Waals surface area contributed by atoms with E-state index in [9.17, 15) is 0 Å². The van der Waals surface area contributed by atoms with Crippen LogP contribution in [0.5, 0.6) is 5.75 Å². The molecule has 0 radical (unpaired) electrons. The van der Waals surface area contributed by atoms with Crippen LogP contribution in [-0.2, 0) is 19.6 Å². The van der Waals surface area contributed by atoms with Gasteiger partial charge in [-0.2, -0.15) is 0 Å². The van der Waals surface area contributed by atoms with Crippen molar-refractivity contribution in [3.8, 4) is 5.75 Å². The van der Waals surface area contributed by atoms with Crippen molar-refractivity contribution in [1.82, 2.24) is 25.0 Å². The summed E-state index contributed by atoms with van der Waals surface area (Å²) in [4.78, 5) is 2.53. The monoisotopic (exact) mass is 327 g/mol. The highest BCUT2D eigenvalue weighted by Crippen LogP contribution is 2.28. The minimum absolute atomic E-state index is 0.547. The summed E-state index contributed by atoms with van der Waals surface area (Å²) < 4.78 is 7.65. The Kier molecular flexibility index (Phi) is 4.49. The summed E-state index contributed by atoms with van der Waals surface area (Å²) in [7, 11) is 1.72. The average Bonchev–Trinajstić information content (AvgIpc) is 3.07. The molecule has 2 aromatic rings. The highest BCUT2D eigenvalue weighted by Gasteiger charge is 2.26.